The quantitative estimate of drug-likeness (QED) is 0.776. The van der Waals surface area contributed by atoms with Crippen molar-refractivity contribution in [2.75, 3.05) is 6.54 Å². The Kier molecular flexibility index (Phi) is 6.16. The van der Waals surface area contributed by atoms with Gasteiger partial charge in [-0.3, -0.25) is 0 Å². The van der Waals surface area contributed by atoms with Gasteiger partial charge in [-0.15, -0.1) is 0 Å². The third-order valence-corrected chi connectivity index (χ3v) is 4.53. The van der Waals surface area contributed by atoms with E-state index in [2.05, 4.69) is 19.2 Å². The minimum absolute atomic E-state index is 0.463. The summed E-state index contributed by atoms with van der Waals surface area (Å²) >= 11 is 0. The van der Waals surface area contributed by atoms with E-state index < -0.39 is 11.6 Å². The normalized spacial score (nSPS) is 23.3. The summed E-state index contributed by atoms with van der Waals surface area (Å²) < 4.78 is 26.7. The summed E-state index contributed by atoms with van der Waals surface area (Å²) in [6, 6.07) is 4.41. The molecule has 1 aliphatic rings. The molecule has 1 aromatic rings. The number of rotatable bonds is 5. The zero-order valence-electron chi connectivity index (χ0n) is 13.2. The summed E-state index contributed by atoms with van der Waals surface area (Å²) in [5.74, 6) is 0.215. The summed E-state index contributed by atoms with van der Waals surface area (Å²) in [4.78, 5) is 0. The number of hydrogen-bond donors (Lipinski definition) is 1. The van der Waals surface area contributed by atoms with Crippen LogP contribution in [0.2, 0.25) is 0 Å². The fourth-order valence-corrected chi connectivity index (χ4v) is 3.42. The Hall–Kier alpha value is -0.960. The van der Waals surface area contributed by atoms with E-state index in [9.17, 15) is 8.78 Å². The van der Waals surface area contributed by atoms with Gasteiger partial charge in [-0.2, -0.15) is 0 Å². The average Bonchev–Trinajstić information content (AvgIpc) is 2.60. The SMILES string of the molecule is CC(C)NCC1CCCCCC1Cc1cc(F)cc(F)c1. The van der Waals surface area contributed by atoms with Gasteiger partial charge in [0.15, 0.2) is 0 Å². The minimum atomic E-state index is -0.463. The Bertz CT molecular complexity index is 425. The minimum Gasteiger partial charge on any atom is -0.314 e. The molecule has 1 nitrogen and oxygen atoms in total. The van der Waals surface area contributed by atoms with Crippen molar-refractivity contribution in [3.05, 3.63) is 35.4 Å². The first-order valence-corrected chi connectivity index (χ1v) is 8.23. The first kappa shape index (κ1) is 16.4. The molecule has 1 saturated carbocycles. The molecule has 1 aliphatic carbocycles. The maximum absolute atomic E-state index is 13.4. The van der Waals surface area contributed by atoms with Crippen LogP contribution in [0.15, 0.2) is 18.2 Å². The fraction of sp³-hybridized carbons (Fsp3) is 0.667. The zero-order valence-corrected chi connectivity index (χ0v) is 13.2. The summed E-state index contributed by atoms with van der Waals surface area (Å²) in [6.45, 7) is 5.33. The standard InChI is InChI=1S/C18H27F2N/c1-13(2)21-12-16-7-5-3-4-6-15(16)8-14-9-17(19)11-18(20)10-14/h9-11,13,15-16,21H,3-8,12H2,1-2H3. The summed E-state index contributed by atoms with van der Waals surface area (Å²) in [5.41, 5.74) is 0.800. The molecule has 2 atom stereocenters. The van der Waals surface area contributed by atoms with Gasteiger partial charge in [0.25, 0.3) is 0 Å². The first-order chi connectivity index (χ1) is 10.0. The largest absolute Gasteiger partial charge is 0.314 e. The van der Waals surface area contributed by atoms with E-state index in [1.54, 1.807) is 0 Å². The van der Waals surface area contributed by atoms with Gasteiger partial charge in [0.2, 0.25) is 0 Å². The van der Waals surface area contributed by atoms with Gasteiger partial charge in [-0.05, 0) is 55.3 Å². The van der Waals surface area contributed by atoms with Crippen molar-refractivity contribution in [2.45, 2.75) is 58.4 Å². The van der Waals surface area contributed by atoms with Crippen LogP contribution in [0.3, 0.4) is 0 Å². The van der Waals surface area contributed by atoms with Gasteiger partial charge in [0.05, 0.1) is 0 Å². The van der Waals surface area contributed by atoms with E-state index in [1.165, 1.54) is 44.2 Å². The van der Waals surface area contributed by atoms with Gasteiger partial charge >= 0.3 is 0 Å². The molecule has 1 fully saturated rings. The molecule has 0 saturated heterocycles. The topological polar surface area (TPSA) is 12.0 Å². The lowest BCUT2D eigenvalue weighted by molar-refractivity contribution is 0.290. The molecule has 1 aromatic carbocycles. The monoisotopic (exact) mass is 295 g/mol. The lowest BCUT2D eigenvalue weighted by Crippen LogP contribution is -2.33. The maximum atomic E-state index is 13.4. The molecule has 2 rings (SSSR count). The first-order valence-electron chi connectivity index (χ1n) is 8.23. The highest BCUT2D eigenvalue weighted by molar-refractivity contribution is 5.18. The highest BCUT2D eigenvalue weighted by atomic mass is 19.1. The number of nitrogens with one attached hydrogen (secondary N) is 1. The molecule has 0 aromatic heterocycles. The van der Waals surface area contributed by atoms with E-state index >= 15 is 0 Å². The third kappa shape index (κ3) is 5.39. The van der Waals surface area contributed by atoms with Gasteiger partial charge in [0, 0.05) is 12.1 Å². The Morgan fingerprint density at radius 2 is 1.62 bits per heavy atom. The molecule has 1 N–H and O–H groups in total. The number of benzene rings is 1. The number of halogens is 2. The van der Waals surface area contributed by atoms with Crippen molar-refractivity contribution in [2.24, 2.45) is 11.8 Å². The summed E-state index contributed by atoms with van der Waals surface area (Å²) in [6.07, 6.45) is 6.98. The zero-order chi connectivity index (χ0) is 15.2. The molecule has 3 heteroatoms. The van der Waals surface area contributed by atoms with Crippen molar-refractivity contribution in [1.82, 2.24) is 5.32 Å². The third-order valence-electron chi connectivity index (χ3n) is 4.53. The van der Waals surface area contributed by atoms with E-state index in [4.69, 9.17) is 0 Å². The van der Waals surface area contributed by atoms with Crippen LogP contribution in [0.25, 0.3) is 0 Å². The predicted octanol–water partition coefficient (Wildman–Crippen LogP) is 4.70. The molecule has 0 radical (unpaired) electrons. The Morgan fingerprint density at radius 3 is 2.24 bits per heavy atom. The van der Waals surface area contributed by atoms with Crippen LogP contribution in [-0.2, 0) is 6.42 Å². The lowest BCUT2D eigenvalue weighted by Gasteiger charge is -2.26. The van der Waals surface area contributed by atoms with Crippen LogP contribution in [-0.4, -0.2) is 12.6 Å². The molecular formula is C18H27F2N. The summed E-state index contributed by atoms with van der Waals surface area (Å²) in [5, 5.41) is 3.53. The van der Waals surface area contributed by atoms with Crippen molar-refractivity contribution >= 4 is 0 Å². The molecule has 2 unspecified atom stereocenters. The second-order valence-electron chi connectivity index (χ2n) is 6.70. The van der Waals surface area contributed by atoms with Crippen LogP contribution in [0.4, 0.5) is 8.78 Å². The fourth-order valence-electron chi connectivity index (χ4n) is 3.42. The second kappa shape index (κ2) is 7.88. The smallest absolute Gasteiger partial charge is 0.126 e. The molecule has 0 amide bonds. The Labute approximate surface area is 127 Å². The highest BCUT2D eigenvalue weighted by Crippen LogP contribution is 2.31. The van der Waals surface area contributed by atoms with Gasteiger partial charge in [0.1, 0.15) is 11.6 Å². The molecule has 21 heavy (non-hydrogen) atoms. The maximum Gasteiger partial charge on any atom is 0.126 e. The van der Waals surface area contributed by atoms with E-state index in [0.717, 1.165) is 24.6 Å². The van der Waals surface area contributed by atoms with Gasteiger partial charge < -0.3 is 5.32 Å². The Balaban J connectivity index is 2.05. The van der Waals surface area contributed by atoms with E-state index in [-0.39, 0.29) is 0 Å². The second-order valence-corrected chi connectivity index (χ2v) is 6.70. The molecule has 0 heterocycles. The molecule has 0 bridgehead atoms. The van der Waals surface area contributed by atoms with Crippen LogP contribution < -0.4 is 5.32 Å². The van der Waals surface area contributed by atoms with Crippen LogP contribution in [0.5, 0.6) is 0 Å². The highest BCUT2D eigenvalue weighted by Gasteiger charge is 2.24. The van der Waals surface area contributed by atoms with Gasteiger partial charge in [-0.1, -0.05) is 33.1 Å². The van der Waals surface area contributed by atoms with Gasteiger partial charge in [-0.25, -0.2) is 8.78 Å². The molecule has 0 aliphatic heterocycles. The average molecular weight is 295 g/mol. The van der Waals surface area contributed by atoms with Crippen molar-refractivity contribution in [3.8, 4) is 0 Å². The molecule has 0 spiro atoms. The van der Waals surface area contributed by atoms with Crippen molar-refractivity contribution in [3.63, 3.8) is 0 Å². The van der Waals surface area contributed by atoms with E-state index in [0.29, 0.717) is 17.9 Å². The molecule has 118 valence electrons. The number of hydrogen-bond acceptors (Lipinski definition) is 1. The lowest BCUT2D eigenvalue weighted by atomic mass is 9.83. The van der Waals surface area contributed by atoms with Crippen LogP contribution >= 0.6 is 0 Å². The predicted molar refractivity (Wildman–Crippen MR) is 83.3 cm³/mol. The molecular weight excluding hydrogens is 268 g/mol. The summed E-state index contributed by atoms with van der Waals surface area (Å²) in [7, 11) is 0. The van der Waals surface area contributed by atoms with E-state index in [1.807, 2.05) is 0 Å². The van der Waals surface area contributed by atoms with Crippen molar-refractivity contribution in [1.29, 1.82) is 0 Å². The van der Waals surface area contributed by atoms with Crippen LogP contribution in [0.1, 0.15) is 51.5 Å². The van der Waals surface area contributed by atoms with Crippen molar-refractivity contribution < 1.29 is 8.78 Å². The Morgan fingerprint density at radius 1 is 1.00 bits per heavy atom. The van der Waals surface area contributed by atoms with Crippen LogP contribution in [0, 0.1) is 23.5 Å².